The van der Waals surface area contributed by atoms with Gasteiger partial charge in [0.25, 0.3) is 5.91 Å². The van der Waals surface area contributed by atoms with Crippen molar-refractivity contribution in [3.05, 3.63) is 0 Å². The summed E-state index contributed by atoms with van der Waals surface area (Å²) in [5.41, 5.74) is 3.94. The molecule has 1 rings (SSSR count). The van der Waals surface area contributed by atoms with Crippen molar-refractivity contribution in [3.63, 3.8) is 0 Å². The van der Waals surface area contributed by atoms with Gasteiger partial charge in [0.15, 0.2) is 5.67 Å². The van der Waals surface area contributed by atoms with Gasteiger partial charge < -0.3 is 11.1 Å². The molecule has 0 aromatic carbocycles. The lowest BCUT2D eigenvalue weighted by Gasteiger charge is -2.30. The first kappa shape index (κ1) is 9.45. The van der Waals surface area contributed by atoms with Gasteiger partial charge in [0.05, 0.1) is 0 Å². The van der Waals surface area contributed by atoms with Crippen molar-refractivity contribution in [2.24, 2.45) is 5.73 Å². The van der Waals surface area contributed by atoms with Crippen LogP contribution in [0.15, 0.2) is 0 Å². The summed E-state index contributed by atoms with van der Waals surface area (Å²) in [4.78, 5) is 11.1. The lowest BCUT2D eigenvalue weighted by Crippen LogP contribution is -2.46. The highest BCUT2D eigenvalue weighted by Gasteiger charge is 2.40. The van der Waals surface area contributed by atoms with Crippen LogP contribution in [0.25, 0.3) is 0 Å². The van der Waals surface area contributed by atoms with Crippen LogP contribution in [-0.4, -0.2) is 24.7 Å². The molecule has 0 aromatic rings. The molecule has 70 valence electrons. The summed E-state index contributed by atoms with van der Waals surface area (Å²) in [6.45, 7) is 0. The number of hydrogen-bond acceptors (Lipinski definition) is 2. The normalized spacial score (nSPS) is 36.1. The summed E-state index contributed by atoms with van der Waals surface area (Å²) >= 11 is 0. The van der Waals surface area contributed by atoms with E-state index in [9.17, 15) is 9.18 Å². The molecular formula is C8H15FN2O. The van der Waals surface area contributed by atoms with Gasteiger partial charge in [-0.15, -0.1) is 0 Å². The zero-order chi connectivity index (χ0) is 9.19. The van der Waals surface area contributed by atoms with Gasteiger partial charge in [-0.25, -0.2) is 4.39 Å². The molecule has 0 aromatic heterocycles. The Kier molecular flexibility index (Phi) is 2.67. The van der Waals surface area contributed by atoms with Crippen LogP contribution in [0.3, 0.4) is 0 Å². The maximum atomic E-state index is 13.7. The monoisotopic (exact) mass is 174 g/mol. The minimum atomic E-state index is -1.66. The molecule has 0 bridgehead atoms. The molecule has 1 aliphatic rings. The number of nitrogens with two attached hydrogens (primary N) is 1. The second-order valence-electron chi connectivity index (χ2n) is 3.38. The number of carbonyl (C=O) groups is 1. The highest BCUT2D eigenvalue weighted by atomic mass is 19.1. The molecule has 1 aliphatic carbocycles. The second-order valence-corrected chi connectivity index (χ2v) is 3.38. The van der Waals surface area contributed by atoms with Crippen molar-refractivity contribution >= 4 is 5.91 Å². The Hall–Kier alpha value is -0.640. The van der Waals surface area contributed by atoms with Crippen molar-refractivity contribution in [3.8, 4) is 0 Å². The molecule has 0 atom stereocenters. The Morgan fingerprint density at radius 2 is 2.08 bits per heavy atom. The molecule has 1 saturated carbocycles. The molecule has 12 heavy (non-hydrogen) atoms. The van der Waals surface area contributed by atoms with Crippen molar-refractivity contribution < 1.29 is 9.18 Å². The maximum absolute atomic E-state index is 13.7. The highest BCUT2D eigenvalue weighted by Crippen LogP contribution is 2.31. The second kappa shape index (κ2) is 3.39. The van der Waals surface area contributed by atoms with Gasteiger partial charge in [0.1, 0.15) is 0 Å². The quantitative estimate of drug-likeness (QED) is 0.602. The molecule has 3 N–H and O–H groups in total. The summed E-state index contributed by atoms with van der Waals surface area (Å²) in [6, 6.07) is 0.0681. The number of amides is 1. The van der Waals surface area contributed by atoms with Crippen LogP contribution in [0.2, 0.25) is 0 Å². The minimum absolute atomic E-state index is 0.0681. The van der Waals surface area contributed by atoms with Crippen LogP contribution in [-0.2, 0) is 4.79 Å². The summed E-state index contributed by atoms with van der Waals surface area (Å²) in [6.07, 6.45) is 1.72. The zero-order valence-corrected chi connectivity index (χ0v) is 7.27. The Morgan fingerprint density at radius 3 is 2.50 bits per heavy atom. The van der Waals surface area contributed by atoms with E-state index in [2.05, 4.69) is 5.32 Å². The van der Waals surface area contributed by atoms with Crippen LogP contribution in [0.5, 0.6) is 0 Å². The lowest BCUT2D eigenvalue weighted by atomic mass is 9.83. The van der Waals surface area contributed by atoms with Crippen molar-refractivity contribution in [1.29, 1.82) is 0 Å². The number of alkyl halides is 1. The average molecular weight is 174 g/mol. The number of carbonyl (C=O) groups excluding carboxylic acids is 1. The molecule has 0 radical (unpaired) electrons. The van der Waals surface area contributed by atoms with E-state index in [-0.39, 0.29) is 18.9 Å². The van der Waals surface area contributed by atoms with Crippen molar-refractivity contribution in [2.75, 3.05) is 7.05 Å². The molecule has 0 aliphatic heterocycles. The lowest BCUT2D eigenvalue weighted by molar-refractivity contribution is -0.134. The van der Waals surface area contributed by atoms with E-state index in [1.165, 1.54) is 7.05 Å². The summed E-state index contributed by atoms with van der Waals surface area (Å²) < 4.78 is 13.7. The summed E-state index contributed by atoms with van der Waals surface area (Å²) in [5.74, 6) is -0.505. The fraction of sp³-hybridized carbons (Fsp3) is 0.875. The smallest absolute Gasteiger partial charge is 0.257 e. The topological polar surface area (TPSA) is 55.1 Å². The number of nitrogens with one attached hydrogen (secondary N) is 1. The van der Waals surface area contributed by atoms with Crippen LogP contribution in [0.1, 0.15) is 25.7 Å². The minimum Gasteiger partial charge on any atom is -0.356 e. The Morgan fingerprint density at radius 1 is 1.58 bits per heavy atom. The van der Waals surface area contributed by atoms with Gasteiger partial charge in [-0.1, -0.05) is 0 Å². The average Bonchev–Trinajstić information content (AvgIpc) is 2.09. The van der Waals surface area contributed by atoms with Crippen LogP contribution in [0.4, 0.5) is 4.39 Å². The molecule has 1 amide bonds. The molecule has 3 nitrogen and oxygen atoms in total. The third kappa shape index (κ3) is 1.75. The third-order valence-corrected chi connectivity index (χ3v) is 2.46. The van der Waals surface area contributed by atoms with Crippen molar-refractivity contribution in [1.82, 2.24) is 5.32 Å². The Bertz CT molecular complexity index is 176. The van der Waals surface area contributed by atoms with E-state index in [4.69, 9.17) is 5.73 Å². The van der Waals surface area contributed by atoms with E-state index in [0.29, 0.717) is 12.8 Å². The van der Waals surface area contributed by atoms with Gasteiger partial charge in [-0.3, -0.25) is 4.79 Å². The predicted octanol–water partition coefficient (Wildman–Crippen LogP) is 0.342. The van der Waals surface area contributed by atoms with Crippen molar-refractivity contribution in [2.45, 2.75) is 37.4 Å². The van der Waals surface area contributed by atoms with Crippen LogP contribution >= 0.6 is 0 Å². The number of rotatable bonds is 1. The summed E-state index contributed by atoms with van der Waals surface area (Å²) in [7, 11) is 1.46. The van der Waals surface area contributed by atoms with Gasteiger partial charge in [0.2, 0.25) is 0 Å². The first-order valence-corrected chi connectivity index (χ1v) is 4.25. The number of hydrogen-bond donors (Lipinski definition) is 2. The highest BCUT2D eigenvalue weighted by molar-refractivity contribution is 5.84. The third-order valence-electron chi connectivity index (χ3n) is 2.46. The predicted molar refractivity (Wildman–Crippen MR) is 44.3 cm³/mol. The summed E-state index contributed by atoms with van der Waals surface area (Å²) in [5, 5.41) is 2.34. The van der Waals surface area contributed by atoms with E-state index >= 15 is 0 Å². The van der Waals surface area contributed by atoms with E-state index in [1.807, 2.05) is 0 Å². The number of halogens is 1. The van der Waals surface area contributed by atoms with Gasteiger partial charge in [-0.2, -0.15) is 0 Å². The molecule has 0 heterocycles. The van der Waals surface area contributed by atoms with Gasteiger partial charge in [0, 0.05) is 13.1 Å². The van der Waals surface area contributed by atoms with E-state index < -0.39 is 11.6 Å². The Labute approximate surface area is 71.5 Å². The zero-order valence-electron chi connectivity index (χ0n) is 7.27. The molecule has 1 fully saturated rings. The van der Waals surface area contributed by atoms with Crippen LogP contribution < -0.4 is 11.1 Å². The fourth-order valence-electron chi connectivity index (χ4n) is 1.55. The first-order chi connectivity index (χ1) is 5.58. The SMILES string of the molecule is CNC(=O)[C@]1(F)CC[C@@H](N)CC1. The van der Waals surface area contributed by atoms with Gasteiger partial charge >= 0.3 is 0 Å². The molecular weight excluding hydrogens is 159 g/mol. The Balaban J connectivity index is 2.55. The fourth-order valence-corrected chi connectivity index (χ4v) is 1.55. The first-order valence-electron chi connectivity index (χ1n) is 4.25. The van der Waals surface area contributed by atoms with E-state index in [0.717, 1.165) is 0 Å². The molecule has 0 unspecified atom stereocenters. The molecule has 0 spiro atoms. The standard InChI is InChI=1S/C8H15FN2O/c1-11-7(12)8(9)4-2-6(10)3-5-8/h6H,2-5,10H2,1H3,(H,11,12)/t6-,8+. The van der Waals surface area contributed by atoms with Crippen LogP contribution in [0, 0.1) is 0 Å². The molecule has 4 heteroatoms. The maximum Gasteiger partial charge on any atom is 0.257 e. The van der Waals surface area contributed by atoms with Gasteiger partial charge in [-0.05, 0) is 25.7 Å². The molecule has 0 saturated heterocycles. The van der Waals surface area contributed by atoms with E-state index in [1.54, 1.807) is 0 Å². The largest absolute Gasteiger partial charge is 0.356 e.